The summed E-state index contributed by atoms with van der Waals surface area (Å²) in [6, 6.07) is 4.36. The third-order valence-electron chi connectivity index (χ3n) is 3.32. The molecule has 22 heavy (non-hydrogen) atoms. The van der Waals surface area contributed by atoms with E-state index in [1.165, 1.54) is 30.9 Å². The average Bonchev–Trinajstić information content (AvgIpc) is 2.84. The summed E-state index contributed by atoms with van der Waals surface area (Å²) in [5.74, 6) is -1.77. The largest absolute Gasteiger partial charge is 0.480 e. The van der Waals surface area contributed by atoms with E-state index in [4.69, 9.17) is 16.7 Å². The molecule has 1 aliphatic rings. The number of hydrogen-bond acceptors (Lipinski definition) is 3. The van der Waals surface area contributed by atoms with Crippen molar-refractivity contribution in [2.45, 2.75) is 19.4 Å². The van der Waals surface area contributed by atoms with Crippen molar-refractivity contribution in [3.8, 4) is 0 Å². The van der Waals surface area contributed by atoms with Crippen molar-refractivity contribution in [1.82, 2.24) is 10.6 Å². The second-order valence-corrected chi connectivity index (χ2v) is 5.84. The number of halogens is 1. The van der Waals surface area contributed by atoms with Gasteiger partial charge in [-0.2, -0.15) is 0 Å². The number of rotatable bonds is 4. The molecule has 1 heterocycles. The van der Waals surface area contributed by atoms with Gasteiger partial charge < -0.3 is 15.7 Å². The first-order chi connectivity index (χ1) is 10.2. The Balaban J connectivity index is 2.29. The smallest absolute Gasteiger partial charge is 0.328 e. The van der Waals surface area contributed by atoms with Crippen LogP contribution < -0.4 is 15.5 Å². The van der Waals surface area contributed by atoms with Crippen LogP contribution in [0, 0.1) is 0 Å². The van der Waals surface area contributed by atoms with Crippen molar-refractivity contribution in [2.24, 2.45) is 0 Å². The van der Waals surface area contributed by atoms with Crippen LogP contribution in [0.4, 0.5) is 10.5 Å². The monoisotopic (exact) mass is 325 g/mol. The van der Waals surface area contributed by atoms with E-state index in [0.717, 1.165) is 0 Å². The SMILES string of the molecule is CC(C)(NC(=O)c1cc(N2CCNC2=O)ccc1Cl)C(=O)O. The van der Waals surface area contributed by atoms with Crippen molar-refractivity contribution < 1.29 is 19.5 Å². The number of carbonyl (C=O) groups excluding carboxylic acids is 2. The van der Waals surface area contributed by atoms with E-state index >= 15 is 0 Å². The minimum Gasteiger partial charge on any atom is -0.480 e. The van der Waals surface area contributed by atoms with Gasteiger partial charge in [0.1, 0.15) is 5.54 Å². The number of aliphatic carboxylic acids is 1. The number of amides is 3. The van der Waals surface area contributed by atoms with Crippen LogP contribution in [0.3, 0.4) is 0 Å². The average molecular weight is 326 g/mol. The molecular weight excluding hydrogens is 310 g/mol. The Labute approximate surface area is 132 Å². The van der Waals surface area contributed by atoms with Gasteiger partial charge in [-0.05, 0) is 32.0 Å². The molecule has 2 rings (SSSR count). The fraction of sp³-hybridized carbons (Fsp3) is 0.357. The molecule has 0 radical (unpaired) electrons. The molecule has 7 nitrogen and oxygen atoms in total. The Morgan fingerprint density at radius 3 is 2.64 bits per heavy atom. The number of anilines is 1. The summed E-state index contributed by atoms with van der Waals surface area (Å²) in [4.78, 5) is 36.5. The normalized spacial score (nSPS) is 14.7. The van der Waals surface area contributed by atoms with E-state index in [2.05, 4.69) is 10.6 Å². The molecule has 0 bridgehead atoms. The van der Waals surface area contributed by atoms with E-state index < -0.39 is 17.4 Å². The van der Waals surface area contributed by atoms with Gasteiger partial charge in [0, 0.05) is 18.8 Å². The fourth-order valence-electron chi connectivity index (χ4n) is 1.98. The molecule has 1 saturated heterocycles. The lowest BCUT2D eigenvalue weighted by Crippen LogP contribution is -2.49. The minimum absolute atomic E-state index is 0.119. The third-order valence-corrected chi connectivity index (χ3v) is 3.65. The molecule has 118 valence electrons. The summed E-state index contributed by atoms with van der Waals surface area (Å²) < 4.78 is 0. The first-order valence-corrected chi connectivity index (χ1v) is 7.01. The van der Waals surface area contributed by atoms with E-state index in [1.807, 2.05) is 0 Å². The van der Waals surface area contributed by atoms with Crippen molar-refractivity contribution >= 4 is 35.2 Å². The molecule has 0 atom stereocenters. The number of benzene rings is 1. The van der Waals surface area contributed by atoms with Gasteiger partial charge in [-0.1, -0.05) is 11.6 Å². The van der Waals surface area contributed by atoms with Crippen LogP contribution in [0.5, 0.6) is 0 Å². The van der Waals surface area contributed by atoms with Crippen LogP contribution in [-0.4, -0.2) is 41.6 Å². The zero-order valence-corrected chi connectivity index (χ0v) is 12.9. The van der Waals surface area contributed by atoms with Crippen molar-refractivity contribution in [2.75, 3.05) is 18.0 Å². The molecule has 0 spiro atoms. The summed E-state index contributed by atoms with van der Waals surface area (Å²) in [5.41, 5.74) is -0.785. The van der Waals surface area contributed by atoms with Crippen LogP contribution in [0.2, 0.25) is 5.02 Å². The second-order valence-electron chi connectivity index (χ2n) is 5.43. The Morgan fingerprint density at radius 2 is 2.09 bits per heavy atom. The predicted molar refractivity (Wildman–Crippen MR) is 81.4 cm³/mol. The van der Waals surface area contributed by atoms with Crippen LogP contribution in [0.15, 0.2) is 18.2 Å². The highest BCUT2D eigenvalue weighted by molar-refractivity contribution is 6.34. The quantitative estimate of drug-likeness (QED) is 0.780. The van der Waals surface area contributed by atoms with E-state index in [9.17, 15) is 14.4 Å². The maximum absolute atomic E-state index is 12.3. The lowest BCUT2D eigenvalue weighted by atomic mass is 10.0. The van der Waals surface area contributed by atoms with Crippen molar-refractivity contribution in [3.05, 3.63) is 28.8 Å². The molecule has 1 aromatic carbocycles. The van der Waals surface area contributed by atoms with Gasteiger partial charge in [-0.15, -0.1) is 0 Å². The lowest BCUT2D eigenvalue weighted by molar-refractivity contribution is -0.143. The van der Waals surface area contributed by atoms with Gasteiger partial charge in [0.15, 0.2) is 0 Å². The zero-order chi connectivity index (χ0) is 16.5. The summed E-state index contributed by atoms with van der Waals surface area (Å²) >= 11 is 6.02. The molecule has 3 N–H and O–H groups in total. The van der Waals surface area contributed by atoms with Crippen LogP contribution in [0.25, 0.3) is 0 Å². The summed E-state index contributed by atoms with van der Waals surface area (Å²) in [5, 5.41) is 14.3. The van der Waals surface area contributed by atoms with Gasteiger partial charge in [0.2, 0.25) is 0 Å². The molecule has 3 amide bonds. The Hall–Kier alpha value is -2.28. The molecule has 0 unspecified atom stereocenters. The van der Waals surface area contributed by atoms with Gasteiger partial charge in [0.05, 0.1) is 10.6 Å². The summed E-state index contributed by atoms with van der Waals surface area (Å²) in [6.45, 7) is 3.76. The molecule has 1 fully saturated rings. The zero-order valence-electron chi connectivity index (χ0n) is 12.1. The van der Waals surface area contributed by atoms with E-state index in [0.29, 0.717) is 18.8 Å². The first kappa shape index (κ1) is 16.1. The Morgan fingerprint density at radius 1 is 1.41 bits per heavy atom. The molecule has 0 aliphatic carbocycles. The fourth-order valence-corrected chi connectivity index (χ4v) is 2.18. The summed E-state index contributed by atoms with van der Waals surface area (Å²) in [7, 11) is 0. The minimum atomic E-state index is -1.43. The topological polar surface area (TPSA) is 98.7 Å². The Bertz CT molecular complexity index is 645. The molecule has 0 saturated carbocycles. The van der Waals surface area contributed by atoms with Crippen molar-refractivity contribution in [1.29, 1.82) is 0 Å². The number of carboxylic acid groups (broad SMARTS) is 1. The van der Waals surface area contributed by atoms with Gasteiger partial charge >= 0.3 is 12.0 Å². The van der Waals surface area contributed by atoms with Gasteiger partial charge in [0.25, 0.3) is 5.91 Å². The highest BCUT2D eigenvalue weighted by Crippen LogP contribution is 2.25. The molecular formula is C14H16ClN3O4. The van der Waals surface area contributed by atoms with E-state index in [1.54, 1.807) is 6.07 Å². The van der Waals surface area contributed by atoms with Crippen LogP contribution in [-0.2, 0) is 4.79 Å². The predicted octanol–water partition coefficient (Wildman–Crippen LogP) is 1.46. The Kier molecular flexibility index (Phi) is 4.27. The summed E-state index contributed by atoms with van der Waals surface area (Å²) in [6.07, 6.45) is 0. The molecule has 1 aromatic rings. The number of nitrogens with one attached hydrogen (secondary N) is 2. The molecule has 8 heteroatoms. The van der Waals surface area contributed by atoms with Crippen LogP contribution >= 0.6 is 11.6 Å². The highest BCUT2D eigenvalue weighted by atomic mass is 35.5. The first-order valence-electron chi connectivity index (χ1n) is 6.63. The third kappa shape index (κ3) is 3.14. The van der Waals surface area contributed by atoms with Gasteiger partial charge in [-0.25, -0.2) is 9.59 Å². The molecule has 0 aromatic heterocycles. The highest BCUT2D eigenvalue weighted by Gasteiger charge is 2.30. The van der Waals surface area contributed by atoms with Crippen molar-refractivity contribution in [3.63, 3.8) is 0 Å². The lowest BCUT2D eigenvalue weighted by Gasteiger charge is -2.22. The van der Waals surface area contributed by atoms with E-state index in [-0.39, 0.29) is 16.6 Å². The number of hydrogen-bond donors (Lipinski definition) is 3. The van der Waals surface area contributed by atoms with Crippen LogP contribution in [0.1, 0.15) is 24.2 Å². The maximum atomic E-state index is 12.3. The number of carbonyl (C=O) groups is 3. The van der Waals surface area contributed by atoms with Gasteiger partial charge in [-0.3, -0.25) is 9.69 Å². The molecule has 1 aliphatic heterocycles. The number of nitrogens with zero attached hydrogens (tertiary/aromatic N) is 1. The number of urea groups is 1. The second kappa shape index (κ2) is 5.84. The maximum Gasteiger partial charge on any atom is 0.328 e. The number of carboxylic acids is 1. The standard InChI is InChI=1S/C14H16ClN3O4/c1-14(2,12(20)21)17-11(19)9-7-8(3-4-10(9)15)18-6-5-16-13(18)22/h3-4,7H,5-6H2,1-2H3,(H,16,22)(H,17,19)(H,20,21).